The molecule has 3 rings (SSSR count). The number of hydrogen-bond acceptors (Lipinski definition) is 4. The number of carboxylic acid groups (broad SMARTS) is 1. The SMILES string of the molecule is O=C(O)Cn1ccc(NC(=O)C2CC(=O)N(Cc3ccccc3)C2)n1. The lowest BCUT2D eigenvalue weighted by molar-refractivity contribution is -0.138. The van der Waals surface area contributed by atoms with E-state index in [4.69, 9.17) is 5.11 Å². The van der Waals surface area contributed by atoms with Crippen LogP contribution in [-0.4, -0.2) is 44.1 Å². The van der Waals surface area contributed by atoms with Gasteiger partial charge in [-0.1, -0.05) is 30.3 Å². The minimum Gasteiger partial charge on any atom is -0.480 e. The van der Waals surface area contributed by atoms with Gasteiger partial charge >= 0.3 is 5.97 Å². The molecule has 0 bridgehead atoms. The first kappa shape index (κ1) is 16.7. The molecule has 2 N–H and O–H groups in total. The first-order valence-electron chi connectivity index (χ1n) is 7.89. The highest BCUT2D eigenvalue weighted by Crippen LogP contribution is 2.21. The van der Waals surface area contributed by atoms with Gasteiger partial charge in [-0.05, 0) is 5.56 Å². The summed E-state index contributed by atoms with van der Waals surface area (Å²) >= 11 is 0. The van der Waals surface area contributed by atoms with Crippen LogP contribution >= 0.6 is 0 Å². The second-order valence-corrected chi connectivity index (χ2v) is 5.94. The lowest BCUT2D eigenvalue weighted by atomic mass is 10.1. The van der Waals surface area contributed by atoms with Gasteiger partial charge in [0.2, 0.25) is 11.8 Å². The Balaban J connectivity index is 1.57. The van der Waals surface area contributed by atoms with E-state index in [1.165, 1.54) is 16.9 Å². The molecule has 1 aromatic heterocycles. The standard InChI is InChI=1S/C17H18N4O4/c22-15-8-13(10-20(15)9-12-4-2-1-3-5-12)17(25)18-14-6-7-21(19-14)11-16(23)24/h1-7,13H,8-11H2,(H,23,24)(H,18,19,25). The van der Waals surface area contributed by atoms with Crippen LogP contribution < -0.4 is 5.32 Å². The van der Waals surface area contributed by atoms with E-state index < -0.39 is 11.9 Å². The van der Waals surface area contributed by atoms with E-state index in [2.05, 4.69) is 10.4 Å². The second kappa shape index (κ2) is 7.16. The monoisotopic (exact) mass is 342 g/mol. The van der Waals surface area contributed by atoms with Crippen LogP contribution in [-0.2, 0) is 27.5 Å². The summed E-state index contributed by atoms with van der Waals surface area (Å²) in [7, 11) is 0. The highest BCUT2D eigenvalue weighted by Gasteiger charge is 2.34. The number of carbonyl (C=O) groups excluding carboxylic acids is 2. The first-order valence-corrected chi connectivity index (χ1v) is 7.89. The zero-order chi connectivity index (χ0) is 17.8. The first-order chi connectivity index (χ1) is 12.0. The zero-order valence-electron chi connectivity index (χ0n) is 13.5. The smallest absolute Gasteiger partial charge is 0.325 e. The van der Waals surface area contributed by atoms with Crippen molar-refractivity contribution in [3.63, 3.8) is 0 Å². The summed E-state index contributed by atoms with van der Waals surface area (Å²) in [4.78, 5) is 36.8. The Morgan fingerprint density at radius 2 is 2.00 bits per heavy atom. The maximum atomic E-state index is 12.3. The maximum Gasteiger partial charge on any atom is 0.325 e. The fourth-order valence-electron chi connectivity index (χ4n) is 2.79. The molecule has 25 heavy (non-hydrogen) atoms. The number of nitrogens with zero attached hydrogens (tertiary/aromatic N) is 3. The molecule has 2 heterocycles. The fraction of sp³-hybridized carbons (Fsp3) is 0.294. The van der Waals surface area contributed by atoms with Gasteiger partial charge in [-0.15, -0.1) is 0 Å². The average Bonchev–Trinajstić information content (AvgIpc) is 3.15. The molecule has 2 amide bonds. The van der Waals surface area contributed by atoms with Crippen LogP contribution in [0.2, 0.25) is 0 Å². The number of nitrogens with one attached hydrogen (secondary N) is 1. The van der Waals surface area contributed by atoms with Crippen molar-refractivity contribution in [3.05, 3.63) is 48.2 Å². The van der Waals surface area contributed by atoms with E-state index in [-0.39, 0.29) is 30.6 Å². The zero-order valence-corrected chi connectivity index (χ0v) is 13.5. The molecule has 1 saturated heterocycles. The fourth-order valence-corrected chi connectivity index (χ4v) is 2.79. The minimum atomic E-state index is -1.01. The van der Waals surface area contributed by atoms with Gasteiger partial charge in [0.1, 0.15) is 6.54 Å². The number of hydrogen-bond donors (Lipinski definition) is 2. The molecule has 1 fully saturated rings. The Morgan fingerprint density at radius 3 is 2.72 bits per heavy atom. The van der Waals surface area contributed by atoms with E-state index >= 15 is 0 Å². The summed E-state index contributed by atoms with van der Waals surface area (Å²) in [5.41, 5.74) is 1.02. The summed E-state index contributed by atoms with van der Waals surface area (Å²) in [6.07, 6.45) is 1.64. The Kier molecular flexibility index (Phi) is 4.78. The van der Waals surface area contributed by atoms with Crippen LogP contribution in [0.15, 0.2) is 42.6 Å². The maximum absolute atomic E-state index is 12.3. The highest BCUT2D eigenvalue weighted by molar-refractivity contribution is 5.96. The summed E-state index contributed by atoms with van der Waals surface area (Å²) in [6, 6.07) is 11.1. The van der Waals surface area contributed by atoms with Crippen molar-refractivity contribution in [2.24, 2.45) is 5.92 Å². The van der Waals surface area contributed by atoms with Crippen LogP contribution in [0, 0.1) is 5.92 Å². The number of carbonyl (C=O) groups is 3. The van der Waals surface area contributed by atoms with Crippen molar-refractivity contribution in [3.8, 4) is 0 Å². The van der Waals surface area contributed by atoms with Crippen molar-refractivity contribution >= 4 is 23.6 Å². The topological polar surface area (TPSA) is 105 Å². The predicted molar refractivity (Wildman–Crippen MR) is 88.5 cm³/mol. The van der Waals surface area contributed by atoms with Crippen molar-refractivity contribution < 1.29 is 19.5 Å². The van der Waals surface area contributed by atoms with E-state index in [0.717, 1.165) is 5.56 Å². The van der Waals surface area contributed by atoms with Gasteiger partial charge in [0.05, 0.1) is 5.92 Å². The van der Waals surface area contributed by atoms with Gasteiger partial charge in [0, 0.05) is 31.8 Å². The number of rotatable bonds is 6. The number of anilines is 1. The number of carboxylic acids is 1. The lowest BCUT2D eigenvalue weighted by Crippen LogP contribution is -2.28. The molecular weight excluding hydrogens is 324 g/mol. The molecule has 1 aromatic carbocycles. The minimum absolute atomic E-state index is 0.0552. The highest BCUT2D eigenvalue weighted by atomic mass is 16.4. The van der Waals surface area contributed by atoms with E-state index in [1.807, 2.05) is 30.3 Å². The Bertz CT molecular complexity index is 787. The van der Waals surface area contributed by atoms with Crippen LogP contribution in [0.25, 0.3) is 0 Å². The number of benzene rings is 1. The van der Waals surface area contributed by atoms with Gasteiger partial charge in [0.15, 0.2) is 5.82 Å². The Labute approximate surface area is 144 Å². The number of amides is 2. The summed E-state index contributed by atoms with van der Waals surface area (Å²) in [5, 5.41) is 15.3. The van der Waals surface area contributed by atoms with Crippen LogP contribution in [0.4, 0.5) is 5.82 Å². The molecule has 1 aliphatic rings. The molecule has 8 nitrogen and oxygen atoms in total. The number of likely N-dealkylation sites (tertiary alicyclic amines) is 1. The second-order valence-electron chi connectivity index (χ2n) is 5.94. The Hall–Kier alpha value is -3.16. The number of aliphatic carboxylic acids is 1. The van der Waals surface area contributed by atoms with Crippen molar-refractivity contribution in [2.45, 2.75) is 19.5 Å². The van der Waals surface area contributed by atoms with E-state index in [0.29, 0.717) is 13.1 Å². The molecule has 2 aromatic rings. The average molecular weight is 342 g/mol. The molecule has 0 saturated carbocycles. The molecule has 0 spiro atoms. The molecule has 0 aliphatic carbocycles. The van der Waals surface area contributed by atoms with Crippen LogP contribution in [0.1, 0.15) is 12.0 Å². The normalized spacial score (nSPS) is 16.9. The lowest BCUT2D eigenvalue weighted by Gasteiger charge is -2.16. The van der Waals surface area contributed by atoms with Crippen molar-refractivity contribution in [1.82, 2.24) is 14.7 Å². The molecule has 1 atom stereocenters. The van der Waals surface area contributed by atoms with Crippen LogP contribution in [0.5, 0.6) is 0 Å². The molecule has 0 radical (unpaired) electrons. The van der Waals surface area contributed by atoms with Gasteiger partial charge in [-0.25, -0.2) is 0 Å². The van der Waals surface area contributed by atoms with E-state index in [1.54, 1.807) is 4.90 Å². The van der Waals surface area contributed by atoms with E-state index in [9.17, 15) is 14.4 Å². The molecule has 130 valence electrons. The predicted octanol–water partition coefficient (Wildman–Crippen LogP) is 0.955. The summed E-state index contributed by atoms with van der Waals surface area (Å²) in [5.74, 6) is -1.52. The van der Waals surface area contributed by atoms with Crippen molar-refractivity contribution in [2.75, 3.05) is 11.9 Å². The molecule has 1 unspecified atom stereocenters. The molecule has 8 heteroatoms. The van der Waals surface area contributed by atoms with Gasteiger partial charge in [0.25, 0.3) is 0 Å². The quantitative estimate of drug-likeness (QED) is 0.813. The third kappa shape index (κ3) is 4.23. The van der Waals surface area contributed by atoms with Crippen molar-refractivity contribution in [1.29, 1.82) is 0 Å². The molecular formula is C17H18N4O4. The summed E-state index contributed by atoms with van der Waals surface area (Å²) < 4.78 is 1.22. The number of aromatic nitrogens is 2. The molecule has 1 aliphatic heterocycles. The van der Waals surface area contributed by atoms with Gasteiger partial charge in [-0.3, -0.25) is 19.1 Å². The summed E-state index contributed by atoms with van der Waals surface area (Å²) in [6.45, 7) is 0.564. The van der Waals surface area contributed by atoms with Gasteiger partial charge < -0.3 is 15.3 Å². The third-order valence-electron chi connectivity index (χ3n) is 3.99. The largest absolute Gasteiger partial charge is 0.480 e. The Morgan fingerprint density at radius 1 is 1.24 bits per heavy atom. The van der Waals surface area contributed by atoms with Gasteiger partial charge in [-0.2, -0.15) is 5.10 Å². The van der Waals surface area contributed by atoms with Crippen LogP contribution in [0.3, 0.4) is 0 Å². The third-order valence-corrected chi connectivity index (χ3v) is 3.99.